The summed E-state index contributed by atoms with van der Waals surface area (Å²) in [6, 6.07) is 6.87. The third-order valence-electron chi connectivity index (χ3n) is 6.11. The maximum absolute atomic E-state index is 13.1. The highest BCUT2D eigenvalue weighted by Gasteiger charge is 2.37. The van der Waals surface area contributed by atoms with E-state index in [9.17, 15) is 31.1 Å². The molecule has 1 heterocycles. The number of allylic oxidation sites excluding steroid dienone is 1. The fourth-order valence-corrected chi connectivity index (χ4v) is 4.23. The number of alkyl halides is 6. The third-order valence-corrected chi connectivity index (χ3v) is 6.11. The summed E-state index contributed by atoms with van der Waals surface area (Å²) < 4.78 is 78.8. The first-order valence-corrected chi connectivity index (χ1v) is 10.5. The van der Waals surface area contributed by atoms with E-state index in [1.807, 2.05) is 12.1 Å². The Labute approximate surface area is 187 Å². The van der Waals surface area contributed by atoms with Crippen molar-refractivity contribution in [3.8, 4) is 0 Å². The summed E-state index contributed by atoms with van der Waals surface area (Å²) in [5, 5.41) is 0. The van der Waals surface area contributed by atoms with Gasteiger partial charge < -0.3 is 9.80 Å². The summed E-state index contributed by atoms with van der Waals surface area (Å²) in [6.07, 6.45) is -7.99. The van der Waals surface area contributed by atoms with Crippen molar-refractivity contribution >= 4 is 17.5 Å². The number of nitrogens with zero attached hydrogens (tertiary/aromatic N) is 2. The van der Waals surface area contributed by atoms with Crippen LogP contribution in [0.5, 0.6) is 0 Å². The molecule has 1 aliphatic carbocycles. The third kappa shape index (κ3) is 5.08. The zero-order valence-corrected chi connectivity index (χ0v) is 17.9. The summed E-state index contributed by atoms with van der Waals surface area (Å²) in [5.74, 6) is -0.368. The van der Waals surface area contributed by atoms with Gasteiger partial charge in [-0.05, 0) is 73.5 Å². The van der Waals surface area contributed by atoms with Crippen LogP contribution in [0.4, 0.5) is 32.0 Å². The quantitative estimate of drug-likeness (QED) is 0.418. The van der Waals surface area contributed by atoms with E-state index in [-0.39, 0.29) is 29.4 Å². The highest BCUT2D eigenvalue weighted by atomic mass is 19.4. The number of carbonyl (C=O) groups is 1. The molecule has 2 aromatic carbocycles. The van der Waals surface area contributed by atoms with Crippen LogP contribution in [0.25, 0.3) is 6.08 Å². The second-order valence-corrected chi connectivity index (χ2v) is 8.47. The first-order chi connectivity index (χ1) is 15.4. The second-order valence-electron chi connectivity index (χ2n) is 8.47. The van der Waals surface area contributed by atoms with E-state index >= 15 is 0 Å². The van der Waals surface area contributed by atoms with Crippen molar-refractivity contribution < 1.29 is 31.1 Å². The molecule has 4 rings (SSSR count). The van der Waals surface area contributed by atoms with Crippen LogP contribution in [0.3, 0.4) is 0 Å². The number of piperazine rings is 1. The number of hydrogen-bond donors (Lipinski definition) is 0. The van der Waals surface area contributed by atoms with Crippen molar-refractivity contribution in [3.05, 3.63) is 69.8 Å². The molecular weight excluding hydrogens is 446 g/mol. The lowest BCUT2D eigenvalue weighted by molar-refractivity contribution is -0.143. The van der Waals surface area contributed by atoms with Crippen molar-refractivity contribution in [2.45, 2.75) is 25.2 Å². The molecule has 1 fully saturated rings. The van der Waals surface area contributed by atoms with Crippen LogP contribution in [0, 0.1) is 0 Å². The van der Waals surface area contributed by atoms with E-state index < -0.39 is 23.5 Å². The average Bonchev–Trinajstić information content (AvgIpc) is 2.74. The topological polar surface area (TPSA) is 23.6 Å². The summed E-state index contributed by atoms with van der Waals surface area (Å²) in [6.45, 7) is 3.59. The summed E-state index contributed by atoms with van der Waals surface area (Å²) in [4.78, 5) is 17.4. The Morgan fingerprint density at radius 1 is 0.818 bits per heavy atom. The largest absolute Gasteiger partial charge is 0.416 e. The normalized spacial score (nSPS) is 19.2. The minimum atomic E-state index is -4.93. The van der Waals surface area contributed by atoms with Crippen LogP contribution >= 0.6 is 0 Å². The van der Waals surface area contributed by atoms with Crippen LogP contribution in [0.2, 0.25) is 0 Å². The van der Waals surface area contributed by atoms with Crippen molar-refractivity contribution in [1.29, 1.82) is 0 Å². The molecular formula is C24H22F6N2O. The zero-order chi connectivity index (χ0) is 24.0. The van der Waals surface area contributed by atoms with Gasteiger partial charge in [-0.25, -0.2) is 0 Å². The Hall–Kier alpha value is -2.81. The van der Waals surface area contributed by atoms with Crippen LogP contribution in [0.15, 0.2) is 42.0 Å². The van der Waals surface area contributed by atoms with Crippen LogP contribution in [-0.4, -0.2) is 43.9 Å². The molecule has 0 amide bonds. The van der Waals surface area contributed by atoms with Gasteiger partial charge in [0.1, 0.15) is 0 Å². The highest BCUT2D eigenvalue weighted by molar-refractivity contribution is 6.13. The molecule has 2 aromatic rings. The number of carbonyl (C=O) groups excluding carboxylic acids is 1. The van der Waals surface area contributed by atoms with Crippen molar-refractivity contribution in [2.24, 2.45) is 0 Å². The molecule has 33 heavy (non-hydrogen) atoms. The number of hydrogen-bond acceptors (Lipinski definition) is 3. The number of fused-ring (bicyclic) bond motifs is 1. The molecule has 0 spiro atoms. The Balaban J connectivity index is 1.64. The number of anilines is 1. The lowest BCUT2D eigenvalue weighted by atomic mass is 9.85. The molecule has 0 radical (unpaired) electrons. The smallest absolute Gasteiger partial charge is 0.369 e. The molecule has 0 aromatic heterocycles. The van der Waals surface area contributed by atoms with E-state index in [2.05, 4.69) is 16.8 Å². The van der Waals surface area contributed by atoms with Crippen LogP contribution in [-0.2, 0) is 18.8 Å². The Bertz CT molecular complexity index is 1060. The first kappa shape index (κ1) is 23.4. The molecule has 0 N–H and O–H groups in total. The number of ketones is 1. The molecule has 0 bridgehead atoms. The molecule has 0 atom stereocenters. The average molecular weight is 468 g/mol. The number of likely N-dealkylation sites (N-methyl/N-ethyl adjacent to an activating group) is 1. The van der Waals surface area contributed by atoms with E-state index in [1.165, 1.54) is 0 Å². The fraction of sp³-hybridized carbons (Fsp3) is 0.375. The van der Waals surface area contributed by atoms with Crippen molar-refractivity contribution in [2.75, 3.05) is 38.1 Å². The Morgan fingerprint density at radius 3 is 2.00 bits per heavy atom. The zero-order valence-electron chi connectivity index (χ0n) is 17.9. The minimum Gasteiger partial charge on any atom is -0.369 e. The second kappa shape index (κ2) is 8.52. The molecule has 2 aliphatic rings. The van der Waals surface area contributed by atoms with Gasteiger partial charge in [-0.1, -0.05) is 0 Å². The predicted molar refractivity (Wildman–Crippen MR) is 113 cm³/mol. The molecule has 1 aliphatic heterocycles. The van der Waals surface area contributed by atoms with Gasteiger partial charge in [0.15, 0.2) is 5.78 Å². The molecule has 176 valence electrons. The van der Waals surface area contributed by atoms with Crippen LogP contribution < -0.4 is 4.90 Å². The van der Waals surface area contributed by atoms with Gasteiger partial charge in [-0.2, -0.15) is 26.3 Å². The Kier molecular flexibility index (Phi) is 6.03. The summed E-state index contributed by atoms with van der Waals surface area (Å²) >= 11 is 0. The monoisotopic (exact) mass is 468 g/mol. The van der Waals surface area contributed by atoms with Gasteiger partial charge in [0.2, 0.25) is 0 Å². The molecule has 9 heteroatoms. The van der Waals surface area contributed by atoms with Crippen molar-refractivity contribution in [1.82, 2.24) is 4.90 Å². The molecule has 1 saturated heterocycles. The Morgan fingerprint density at radius 2 is 1.42 bits per heavy atom. The van der Waals surface area contributed by atoms with Gasteiger partial charge in [0.25, 0.3) is 0 Å². The molecule has 0 unspecified atom stereocenters. The summed E-state index contributed by atoms with van der Waals surface area (Å²) in [5.41, 5.74) is -0.605. The van der Waals surface area contributed by atoms with E-state index in [0.717, 1.165) is 43.5 Å². The number of benzene rings is 2. The fourth-order valence-electron chi connectivity index (χ4n) is 4.23. The van der Waals surface area contributed by atoms with Crippen LogP contribution in [0.1, 0.15) is 39.0 Å². The van der Waals surface area contributed by atoms with E-state index in [1.54, 1.807) is 6.07 Å². The number of halogens is 6. The predicted octanol–water partition coefficient (Wildman–Crippen LogP) is 5.69. The van der Waals surface area contributed by atoms with Gasteiger partial charge in [0, 0.05) is 43.0 Å². The number of rotatable bonds is 2. The SMILES string of the molecule is CN1CCN(c2ccc3c(c2)CC/C(=C\c2cc(C(F)(F)F)cc(C(F)(F)F)c2)C3=O)CC1. The lowest BCUT2D eigenvalue weighted by Gasteiger charge is -2.34. The summed E-state index contributed by atoms with van der Waals surface area (Å²) in [7, 11) is 2.05. The van der Waals surface area contributed by atoms with E-state index in [4.69, 9.17) is 0 Å². The lowest BCUT2D eigenvalue weighted by Crippen LogP contribution is -2.44. The van der Waals surface area contributed by atoms with Gasteiger partial charge in [0.05, 0.1) is 11.1 Å². The number of Topliss-reactive ketones (excluding diaryl/α,β-unsaturated/α-hetero) is 1. The standard InChI is InChI=1S/C24H22F6N2O/c1-31-6-8-32(9-7-31)20-4-5-21-16(13-20)2-3-17(22(21)33)10-15-11-18(23(25,26)27)14-19(12-15)24(28,29)30/h4-5,10-14H,2-3,6-9H2,1H3/b17-10+. The van der Waals surface area contributed by atoms with Gasteiger partial charge in [-0.15, -0.1) is 0 Å². The molecule has 0 saturated carbocycles. The highest BCUT2D eigenvalue weighted by Crippen LogP contribution is 2.37. The van der Waals surface area contributed by atoms with Gasteiger partial charge >= 0.3 is 12.4 Å². The maximum atomic E-state index is 13.1. The first-order valence-electron chi connectivity index (χ1n) is 10.5. The van der Waals surface area contributed by atoms with Gasteiger partial charge in [-0.3, -0.25) is 4.79 Å². The van der Waals surface area contributed by atoms with E-state index in [0.29, 0.717) is 24.1 Å². The number of aryl methyl sites for hydroxylation is 1. The molecule has 3 nitrogen and oxygen atoms in total. The maximum Gasteiger partial charge on any atom is 0.416 e. The minimum absolute atomic E-state index is 0.0832. The van der Waals surface area contributed by atoms with Crippen molar-refractivity contribution in [3.63, 3.8) is 0 Å².